The van der Waals surface area contributed by atoms with E-state index in [1.54, 1.807) is 22.8 Å². The highest BCUT2D eigenvalue weighted by atomic mass is 79.9. The second kappa shape index (κ2) is 6.43. The molecular formula is C12H8BrClN2O3S. The van der Waals surface area contributed by atoms with Crippen LogP contribution in [-0.2, 0) is 4.79 Å². The highest BCUT2D eigenvalue weighted by molar-refractivity contribution is 9.10. The van der Waals surface area contributed by atoms with E-state index >= 15 is 0 Å². The van der Waals surface area contributed by atoms with E-state index in [0.29, 0.717) is 15.9 Å². The Hall–Kier alpha value is -1.31. The number of benzene rings is 1. The first kappa shape index (κ1) is 15.1. The van der Waals surface area contributed by atoms with Crippen molar-refractivity contribution in [2.75, 3.05) is 5.75 Å². The molecule has 0 spiro atoms. The Morgan fingerprint density at radius 2 is 2.20 bits per heavy atom. The molecule has 20 heavy (non-hydrogen) atoms. The number of nitrogens with zero attached hydrogens (tertiary/aromatic N) is 2. The predicted octanol–water partition coefficient (Wildman–Crippen LogP) is 2.83. The maximum absolute atomic E-state index is 11.3. The van der Waals surface area contributed by atoms with Gasteiger partial charge in [0.05, 0.1) is 11.4 Å². The van der Waals surface area contributed by atoms with E-state index in [-0.39, 0.29) is 5.75 Å². The van der Waals surface area contributed by atoms with Crippen LogP contribution in [-0.4, -0.2) is 26.4 Å². The van der Waals surface area contributed by atoms with Crippen LogP contribution in [0.4, 0.5) is 0 Å². The first-order chi connectivity index (χ1) is 9.47. The summed E-state index contributed by atoms with van der Waals surface area (Å²) in [5.74, 6) is -1.17. The van der Waals surface area contributed by atoms with Crippen LogP contribution >= 0.6 is 39.3 Å². The zero-order chi connectivity index (χ0) is 14.7. The quantitative estimate of drug-likeness (QED) is 0.657. The van der Waals surface area contributed by atoms with Gasteiger partial charge in [0.15, 0.2) is 5.16 Å². The van der Waals surface area contributed by atoms with E-state index < -0.39 is 11.5 Å². The van der Waals surface area contributed by atoms with E-state index in [4.69, 9.17) is 16.7 Å². The van der Waals surface area contributed by atoms with Gasteiger partial charge in [0.1, 0.15) is 0 Å². The van der Waals surface area contributed by atoms with Gasteiger partial charge in [-0.1, -0.05) is 23.4 Å². The molecule has 2 aromatic rings. The average molecular weight is 376 g/mol. The Bertz CT molecular complexity index is 720. The lowest BCUT2D eigenvalue weighted by atomic mass is 10.3. The summed E-state index contributed by atoms with van der Waals surface area (Å²) in [7, 11) is 0. The summed E-state index contributed by atoms with van der Waals surface area (Å²) in [4.78, 5) is 25.8. The van der Waals surface area contributed by atoms with Crippen LogP contribution in [0.15, 0.2) is 44.9 Å². The lowest BCUT2D eigenvalue weighted by molar-refractivity contribution is -0.133. The molecule has 1 heterocycles. The molecule has 0 aliphatic carbocycles. The van der Waals surface area contributed by atoms with Gasteiger partial charge in [-0.15, -0.1) is 0 Å². The number of carboxylic acid groups (broad SMARTS) is 1. The van der Waals surface area contributed by atoms with Crippen molar-refractivity contribution in [2.45, 2.75) is 5.16 Å². The molecule has 2 rings (SSSR count). The Labute approximate surface area is 131 Å². The molecule has 1 aromatic heterocycles. The van der Waals surface area contributed by atoms with Gasteiger partial charge < -0.3 is 5.11 Å². The fraction of sp³-hybridized carbons (Fsp3) is 0.0833. The van der Waals surface area contributed by atoms with Crippen molar-refractivity contribution in [3.05, 3.63) is 50.3 Å². The first-order valence-corrected chi connectivity index (χ1v) is 7.53. The summed E-state index contributed by atoms with van der Waals surface area (Å²) in [5, 5.41) is 9.56. The molecule has 1 aromatic carbocycles. The number of hydrogen-bond acceptors (Lipinski definition) is 4. The lowest BCUT2D eigenvalue weighted by Gasteiger charge is -2.13. The number of thioether (sulfide) groups is 1. The van der Waals surface area contributed by atoms with Crippen LogP contribution in [0.5, 0.6) is 0 Å². The number of aliphatic carboxylic acids is 1. The van der Waals surface area contributed by atoms with Crippen molar-refractivity contribution >= 4 is 45.3 Å². The monoisotopic (exact) mass is 374 g/mol. The second-order valence-corrected chi connectivity index (χ2v) is 5.93. The number of halogens is 2. The van der Waals surface area contributed by atoms with Crippen LogP contribution in [0.2, 0.25) is 5.02 Å². The smallest absolute Gasteiger partial charge is 0.313 e. The molecule has 104 valence electrons. The standard InChI is InChI=1S/C12H8BrClN2O3S/c13-8-2-1-7(14)5-9(8)16-4-3-10(17)15-12(16)20-6-11(18)19/h1-5H,6H2,(H,18,19). The Morgan fingerprint density at radius 3 is 2.90 bits per heavy atom. The summed E-state index contributed by atoms with van der Waals surface area (Å²) >= 11 is 10.3. The fourth-order valence-corrected chi connectivity index (χ4v) is 2.78. The summed E-state index contributed by atoms with van der Waals surface area (Å²) in [6, 6.07) is 6.48. The van der Waals surface area contributed by atoms with E-state index in [2.05, 4.69) is 20.9 Å². The Morgan fingerprint density at radius 1 is 1.45 bits per heavy atom. The highest BCUT2D eigenvalue weighted by Gasteiger charge is 2.11. The minimum Gasteiger partial charge on any atom is -0.481 e. The molecule has 0 aliphatic heterocycles. The van der Waals surface area contributed by atoms with Gasteiger partial charge in [-0.05, 0) is 34.1 Å². The molecule has 0 saturated carbocycles. The van der Waals surface area contributed by atoms with Gasteiger partial charge in [0, 0.05) is 21.8 Å². The lowest BCUT2D eigenvalue weighted by Crippen LogP contribution is -2.13. The number of carboxylic acids is 1. The van der Waals surface area contributed by atoms with Crippen LogP contribution < -0.4 is 5.56 Å². The minimum atomic E-state index is -0.982. The average Bonchev–Trinajstić information content (AvgIpc) is 2.39. The van der Waals surface area contributed by atoms with Crippen molar-refractivity contribution in [2.24, 2.45) is 0 Å². The van der Waals surface area contributed by atoms with Gasteiger partial charge in [-0.2, -0.15) is 4.98 Å². The Balaban J connectivity index is 2.52. The van der Waals surface area contributed by atoms with Gasteiger partial charge in [0.2, 0.25) is 0 Å². The summed E-state index contributed by atoms with van der Waals surface area (Å²) in [6.07, 6.45) is 1.54. The van der Waals surface area contributed by atoms with Crippen molar-refractivity contribution < 1.29 is 9.90 Å². The maximum atomic E-state index is 11.3. The van der Waals surface area contributed by atoms with Crippen molar-refractivity contribution in [3.63, 3.8) is 0 Å². The van der Waals surface area contributed by atoms with Crippen LogP contribution in [0.3, 0.4) is 0 Å². The largest absolute Gasteiger partial charge is 0.481 e. The Kier molecular flexibility index (Phi) is 4.85. The van der Waals surface area contributed by atoms with Crippen LogP contribution in [0.1, 0.15) is 0 Å². The van der Waals surface area contributed by atoms with Gasteiger partial charge >= 0.3 is 5.97 Å². The molecule has 0 bridgehead atoms. The molecule has 8 heteroatoms. The molecule has 0 atom stereocenters. The predicted molar refractivity (Wildman–Crippen MR) is 80.9 cm³/mol. The number of hydrogen-bond donors (Lipinski definition) is 1. The third-order valence-corrected chi connectivity index (χ3v) is 4.11. The molecule has 0 unspecified atom stereocenters. The topological polar surface area (TPSA) is 72.2 Å². The normalized spacial score (nSPS) is 10.5. The minimum absolute atomic E-state index is 0.186. The fourth-order valence-electron chi connectivity index (χ4n) is 1.47. The second-order valence-electron chi connectivity index (χ2n) is 3.70. The summed E-state index contributed by atoms with van der Waals surface area (Å²) < 4.78 is 2.37. The van der Waals surface area contributed by atoms with Crippen molar-refractivity contribution in [1.29, 1.82) is 0 Å². The molecule has 0 radical (unpaired) electrons. The SMILES string of the molecule is O=C(O)CSc1nc(=O)ccn1-c1cc(Cl)ccc1Br. The summed E-state index contributed by atoms with van der Waals surface area (Å²) in [5.41, 5.74) is 0.255. The highest BCUT2D eigenvalue weighted by Crippen LogP contribution is 2.27. The molecular weight excluding hydrogens is 368 g/mol. The number of rotatable bonds is 4. The van der Waals surface area contributed by atoms with Crippen molar-refractivity contribution in [1.82, 2.24) is 9.55 Å². The van der Waals surface area contributed by atoms with E-state index in [9.17, 15) is 9.59 Å². The van der Waals surface area contributed by atoms with Crippen LogP contribution in [0, 0.1) is 0 Å². The summed E-state index contributed by atoms with van der Waals surface area (Å²) in [6.45, 7) is 0. The van der Waals surface area contributed by atoms with Crippen molar-refractivity contribution in [3.8, 4) is 5.69 Å². The van der Waals surface area contributed by atoms with E-state index in [1.807, 2.05) is 0 Å². The van der Waals surface area contributed by atoms with E-state index in [1.165, 1.54) is 12.3 Å². The number of carbonyl (C=O) groups is 1. The first-order valence-electron chi connectivity index (χ1n) is 5.37. The number of aromatic nitrogens is 2. The van der Waals surface area contributed by atoms with E-state index in [0.717, 1.165) is 16.2 Å². The molecule has 1 N–H and O–H groups in total. The molecule has 0 amide bonds. The zero-order valence-electron chi connectivity index (χ0n) is 9.92. The third kappa shape index (κ3) is 3.62. The van der Waals surface area contributed by atoms with Gasteiger partial charge in [0.25, 0.3) is 5.56 Å². The van der Waals surface area contributed by atoms with Gasteiger partial charge in [-0.3, -0.25) is 14.2 Å². The third-order valence-electron chi connectivity index (χ3n) is 2.27. The molecule has 0 saturated heterocycles. The maximum Gasteiger partial charge on any atom is 0.313 e. The van der Waals surface area contributed by atoms with Crippen LogP contribution in [0.25, 0.3) is 5.69 Å². The molecule has 5 nitrogen and oxygen atoms in total. The molecule has 0 aliphatic rings. The molecule has 0 fully saturated rings. The zero-order valence-corrected chi connectivity index (χ0v) is 13.1. The van der Waals surface area contributed by atoms with Gasteiger partial charge in [-0.25, -0.2) is 0 Å².